The second-order valence-corrected chi connectivity index (χ2v) is 3.52. The maximum Gasteiger partial charge on any atom is 0.293 e. The third-order valence-electron chi connectivity index (χ3n) is 1.54. The van der Waals surface area contributed by atoms with Crippen LogP contribution in [0.4, 0.5) is 11.4 Å². The van der Waals surface area contributed by atoms with Gasteiger partial charge in [-0.15, -0.1) is 0 Å². The Bertz CT molecular complexity index is 343. The van der Waals surface area contributed by atoms with Gasteiger partial charge >= 0.3 is 0 Å². The monoisotopic (exact) mass is 214 g/mol. The molecule has 0 aromatic heterocycles. The Morgan fingerprint density at radius 2 is 2.36 bits per heavy atom. The van der Waals surface area contributed by atoms with Crippen LogP contribution in [0.25, 0.3) is 0 Å². The second kappa shape index (κ2) is 4.83. The van der Waals surface area contributed by atoms with E-state index in [9.17, 15) is 10.1 Å². The van der Waals surface area contributed by atoms with E-state index in [0.29, 0.717) is 5.94 Å². The maximum absolute atomic E-state index is 10.5. The van der Waals surface area contributed by atoms with Crippen LogP contribution in [-0.2, 0) is 4.74 Å². The average Bonchev–Trinajstić information content (AvgIpc) is 2.16. The summed E-state index contributed by atoms with van der Waals surface area (Å²) in [5.41, 5.74) is 5.55. The molecule has 1 rings (SSSR count). The highest BCUT2D eigenvalue weighted by molar-refractivity contribution is 7.99. The first kappa shape index (κ1) is 10.8. The van der Waals surface area contributed by atoms with Crippen molar-refractivity contribution in [2.75, 3.05) is 18.8 Å². The highest BCUT2D eigenvalue weighted by Gasteiger charge is 2.11. The first-order chi connectivity index (χ1) is 6.65. The van der Waals surface area contributed by atoms with Gasteiger partial charge in [0.25, 0.3) is 5.69 Å². The van der Waals surface area contributed by atoms with Gasteiger partial charge in [0, 0.05) is 18.1 Å². The lowest BCUT2D eigenvalue weighted by molar-refractivity contribution is -0.384. The molecule has 0 aliphatic carbocycles. The molecule has 1 aromatic carbocycles. The minimum absolute atomic E-state index is 0.0638. The molecule has 0 aliphatic rings. The number of benzene rings is 1. The third-order valence-corrected chi connectivity index (χ3v) is 2.48. The molecular formula is C8H10N2O3S. The number of nitrogens with zero attached hydrogens (tertiary/aromatic N) is 1. The van der Waals surface area contributed by atoms with Crippen LogP contribution in [-0.4, -0.2) is 18.0 Å². The molecule has 0 aliphatic heterocycles. The van der Waals surface area contributed by atoms with Gasteiger partial charge in [0.15, 0.2) is 0 Å². The first-order valence-electron chi connectivity index (χ1n) is 3.81. The maximum atomic E-state index is 10.5. The van der Waals surface area contributed by atoms with E-state index >= 15 is 0 Å². The molecule has 0 fully saturated rings. The Kier molecular flexibility index (Phi) is 3.73. The topological polar surface area (TPSA) is 78.4 Å². The van der Waals surface area contributed by atoms with Crippen molar-refractivity contribution >= 4 is 23.1 Å². The van der Waals surface area contributed by atoms with E-state index < -0.39 is 4.92 Å². The molecule has 0 saturated heterocycles. The zero-order chi connectivity index (χ0) is 10.6. The molecule has 0 heterocycles. The molecule has 0 amide bonds. The zero-order valence-corrected chi connectivity index (χ0v) is 8.41. The van der Waals surface area contributed by atoms with Gasteiger partial charge in [0.05, 0.1) is 10.9 Å². The van der Waals surface area contributed by atoms with Crippen molar-refractivity contribution in [1.82, 2.24) is 0 Å². The second-order valence-electron chi connectivity index (χ2n) is 2.53. The van der Waals surface area contributed by atoms with Crippen molar-refractivity contribution in [2.24, 2.45) is 0 Å². The predicted molar refractivity (Wildman–Crippen MR) is 55.2 cm³/mol. The lowest BCUT2D eigenvalue weighted by Crippen LogP contribution is -1.95. The molecule has 0 bridgehead atoms. The van der Waals surface area contributed by atoms with Crippen molar-refractivity contribution in [2.45, 2.75) is 4.90 Å². The molecular weight excluding hydrogens is 204 g/mol. The number of nitrogens with two attached hydrogens (primary N) is 1. The van der Waals surface area contributed by atoms with Crippen LogP contribution < -0.4 is 5.73 Å². The summed E-state index contributed by atoms with van der Waals surface area (Å²) in [6, 6.07) is 4.70. The Morgan fingerprint density at radius 1 is 1.64 bits per heavy atom. The summed E-state index contributed by atoms with van der Waals surface area (Å²) >= 11 is 1.38. The van der Waals surface area contributed by atoms with E-state index in [1.165, 1.54) is 23.9 Å². The fraction of sp³-hybridized carbons (Fsp3) is 0.250. The van der Waals surface area contributed by atoms with Crippen LogP contribution >= 0.6 is 11.8 Å². The minimum atomic E-state index is -0.494. The van der Waals surface area contributed by atoms with Crippen LogP contribution in [0.3, 0.4) is 0 Å². The van der Waals surface area contributed by atoms with Gasteiger partial charge < -0.3 is 10.5 Å². The van der Waals surface area contributed by atoms with E-state index in [0.717, 1.165) is 4.90 Å². The van der Waals surface area contributed by atoms with Gasteiger partial charge in [0.2, 0.25) is 0 Å². The molecule has 76 valence electrons. The van der Waals surface area contributed by atoms with Crippen molar-refractivity contribution in [1.29, 1.82) is 0 Å². The Hall–Kier alpha value is -1.27. The molecule has 0 atom stereocenters. The predicted octanol–water partition coefficient (Wildman–Crippen LogP) is 1.87. The SMILES string of the molecule is COCSc1ccc(N)c([N+](=O)[O-])c1. The highest BCUT2D eigenvalue weighted by atomic mass is 32.2. The Labute approximate surface area is 85.4 Å². The first-order valence-corrected chi connectivity index (χ1v) is 4.79. The number of thioether (sulfide) groups is 1. The molecule has 6 heteroatoms. The van der Waals surface area contributed by atoms with E-state index in [2.05, 4.69) is 0 Å². The van der Waals surface area contributed by atoms with Crippen LogP contribution in [0.1, 0.15) is 0 Å². The standard InChI is InChI=1S/C8H10N2O3S/c1-13-5-14-6-2-3-7(9)8(4-6)10(11)12/h2-4H,5,9H2,1H3. The Morgan fingerprint density at radius 3 is 2.93 bits per heavy atom. The number of hydrogen-bond donors (Lipinski definition) is 1. The van der Waals surface area contributed by atoms with Gasteiger partial charge in [-0.2, -0.15) is 0 Å². The molecule has 0 radical (unpaired) electrons. The summed E-state index contributed by atoms with van der Waals surface area (Å²) in [5.74, 6) is 0.459. The van der Waals surface area contributed by atoms with Crippen LogP contribution in [0.5, 0.6) is 0 Å². The molecule has 14 heavy (non-hydrogen) atoms. The zero-order valence-electron chi connectivity index (χ0n) is 7.60. The number of rotatable bonds is 4. The summed E-state index contributed by atoms with van der Waals surface area (Å²) < 4.78 is 4.84. The lowest BCUT2D eigenvalue weighted by atomic mass is 10.3. The number of nitro groups is 1. The summed E-state index contributed by atoms with van der Waals surface area (Å²) in [7, 11) is 1.57. The van der Waals surface area contributed by atoms with E-state index in [4.69, 9.17) is 10.5 Å². The third kappa shape index (κ3) is 2.61. The van der Waals surface area contributed by atoms with Crippen molar-refractivity contribution in [3.63, 3.8) is 0 Å². The van der Waals surface area contributed by atoms with E-state index in [-0.39, 0.29) is 11.4 Å². The van der Waals surface area contributed by atoms with Crippen molar-refractivity contribution in [3.8, 4) is 0 Å². The number of nitro benzene ring substituents is 1. The fourth-order valence-corrected chi connectivity index (χ4v) is 1.51. The fourth-order valence-electron chi connectivity index (χ4n) is 0.898. The molecule has 0 saturated carbocycles. The van der Waals surface area contributed by atoms with Gasteiger partial charge in [-0.25, -0.2) is 0 Å². The minimum Gasteiger partial charge on any atom is -0.393 e. The van der Waals surface area contributed by atoms with E-state index in [1.807, 2.05) is 0 Å². The quantitative estimate of drug-likeness (QED) is 0.272. The number of nitrogen functional groups attached to an aromatic ring is 1. The lowest BCUT2D eigenvalue weighted by Gasteiger charge is -2.01. The van der Waals surface area contributed by atoms with Gasteiger partial charge in [-0.05, 0) is 12.1 Å². The van der Waals surface area contributed by atoms with Crippen LogP contribution in [0, 0.1) is 10.1 Å². The number of hydrogen-bond acceptors (Lipinski definition) is 5. The molecule has 1 aromatic rings. The molecule has 2 N–H and O–H groups in total. The largest absolute Gasteiger partial charge is 0.393 e. The smallest absolute Gasteiger partial charge is 0.293 e. The highest BCUT2D eigenvalue weighted by Crippen LogP contribution is 2.27. The normalized spacial score (nSPS) is 10.1. The van der Waals surface area contributed by atoms with Gasteiger partial charge in [0.1, 0.15) is 5.69 Å². The van der Waals surface area contributed by atoms with Crippen molar-refractivity contribution < 1.29 is 9.66 Å². The molecule has 5 nitrogen and oxygen atoms in total. The molecule has 0 unspecified atom stereocenters. The van der Waals surface area contributed by atoms with Gasteiger partial charge in [-0.1, -0.05) is 11.8 Å². The summed E-state index contributed by atoms with van der Waals surface area (Å²) in [4.78, 5) is 10.8. The average molecular weight is 214 g/mol. The summed E-state index contributed by atoms with van der Waals surface area (Å²) in [6.07, 6.45) is 0. The van der Waals surface area contributed by atoms with Crippen LogP contribution in [0.2, 0.25) is 0 Å². The number of ether oxygens (including phenoxy) is 1. The van der Waals surface area contributed by atoms with Crippen molar-refractivity contribution in [3.05, 3.63) is 28.3 Å². The molecule has 0 spiro atoms. The van der Waals surface area contributed by atoms with E-state index in [1.54, 1.807) is 13.2 Å². The Balaban J connectivity index is 2.89. The number of anilines is 1. The number of methoxy groups -OCH3 is 1. The van der Waals surface area contributed by atoms with Crippen LogP contribution in [0.15, 0.2) is 23.1 Å². The summed E-state index contributed by atoms with van der Waals surface area (Å²) in [5, 5.41) is 10.5. The van der Waals surface area contributed by atoms with Gasteiger partial charge in [-0.3, -0.25) is 10.1 Å². The summed E-state index contributed by atoms with van der Waals surface area (Å²) in [6.45, 7) is 0.